The maximum Gasteiger partial charge on any atom is 0.285 e. The average Bonchev–Trinajstić information content (AvgIpc) is 2.34. The molecule has 18 heavy (non-hydrogen) atoms. The second-order valence-electron chi connectivity index (χ2n) is 3.60. The third-order valence-electron chi connectivity index (χ3n) is 2.32. The van der Waals surface area contributed by atoms with Gasteiger partial charge in [-0.3, -0.25) is 14.9 Å². The maximum atomic E-state index is 11.6. The third-order valence-corrected chi connectivity index (χ3v) is 2.54. The molecule has 92 valence electrons. The zero-order valence-corrected chi connectivity index (χ0v) is 9.87. The van der Waals surface area contributed by atoms with E-state index in [2.05, 4.69) is 4.98 Å². The minimum absolute atomic E-state index is 0.128. The Hall–Kier alpha value is -2.21. The van der Waals surface area contributed by atoms with Crippen molar-refractivity contribution in [3.05, 3.63) is 67.8 Å². The Morgan fingerprint density at radius 1 is 1.33 bits per heavy atom. The highest BCUT2D eigenvalue weighted by Crippen LogP contribution is 2.09. The molecular formula is C11H8ClN3O3. The summed E-state index contributed by atoms with van der Waals surface area (Å²) in [4.78, 5) is 25.5. The Morgan fingerprint density at radius 2 is 2.11 bits per heavy atom. The van der Waals surface area contributed by atoms with Gasteiger partial charge < -0.3 is 4.57 Å². The number of pyridine rings is 2. The summed E-state index contributed by atoms with van der Waals surface area (Å²) in [5.74, 6) is 0. The number of rotatable bonds is 3. The number of nitro groups is 1. The van der Waals surface area contributed by atoms with E-state index in [0.717, 1.165) is 5.56 Å². The van der Waals surface area contributed by atoms with Crippen molar-refractivity contribution in [2.45, 2.75) is 6.54 Å². The molecule has 0 radical (unpaired) electrons. The van der Waals surface area contributed by atoms with Crippen molar-refractivity contribution in [3.63, 3.8) is 0 Å². The van der Waals surface area contributed by atoms with Gasteiger partial charge in [-0.25, -0.2) is 4.98 Å². The van der Waals surface area contributed by atoms with Gasteiger partial charge in [0.25, 0.3) is 11.2 Å². The summed E-state index contributed by atoms with van der Waals surface area (Å²) < 4.78 is 1.25. The Bertz CT molecular complexity index is 637. The molecule has 2 aromatic heterocycles. The van der Waals surface area contributed by atoms with Gasteiger partial charge in [0.1, 0.15) is 5.15 Å². The third kappa shape index (κ3) is 2.72. The van der Waals surface area contributed by atoms with Crippen LogP contribution in [0.3, 0.4) is 0 Å². The fourth-order valence-electron chi connectivity index (χ4n) is 1.45. The Kier molecular flexibility index (Phi) is 3.38. The molecule has 2 heterocycles. The molecule has 0 aliphatic heterocycles. The molecule has 0 saturated carbocycles. The molecule has 6 nitrogen and oxygen atoms in total. The Balaban J connectivity index is 2.33. The largest absolute Gasteiger partial charge is 0.304 e. The highest BCUT2D eigenvalue weighted by atomic mass is 35.5. The predicted molar refractivity (Wildman–Crippen MR) is 65.7 cm³/mol. The predicted octanol–water partition coefficient (Wildman–Crippen LogP) is 1.85. The molecule has 0 aromatic carbocycles. The number of hydrogen-bond acceptors (Lipinski definition) is 4. The molecule has 0 amide bonds. The zero-order chi connectivity index (χ0) is 13.1. The van der Waals surface area contributed by atoms with E-state index in [0.29, 0.717) is 5.15 Å². The summed E-state index contributed by atoms with van der Waals surface area (Å²) in [6.45, 7) is 0.213. The number of aromatic nitrogens is 2. The van der Waals surface area contributed by atoms with Crippen molar-refractivity contribution < 1.29 is 4.92 Å². The molecule has 0 aliphatic rings. The highest BCUT2D eigenvalue weighted by molar-refractivity contribution is 6.29. The van der Waals surface area contributed by atoms with Crippen molar-refractivity contribution in [2.24, 2.45) is 0 Å². The van der Waals surface area contributed by atoms with Crippen LogP contribution >= 0.6 is 11.6 Å². The van der Waals surface area contributed by atoms with Crippen molar-refractivity contribution in [2.75, 3.05) is 0 Å². The molecule has 0 unspecified atom stereocenters. The molecule has 0 saturated heterocycles. The standard InChI is InChI=1S/C11H8ClN3O3/c12-10-3-1-8(5-13-10)6-14-7-9(15(17)18)2-4-11(14)16/h1-5,7H,6H2. The summed E-state index contributed by atoms with van der Waals surface area (Å²) >= 11 is 5.64. The Morgan fingerprint density at radius 3 is 2.72 bits per heavy atom. The summed E-state index contributed by atoms with van der Waals surface area (Å²) in [6, 6.07) is 5.65. The van der Waals surface area contributed by atoms with Crippen molar-refractivity contribution in [1.29, 1.82) is 0 Å². The monoisotopic (exact) mass is 265 g/mol. The molecular weight excluding hydrogens is 258 g/mol. The number of nitrogens with zero attached hydrogens (tertiary/aromatic N) is 3. The van der Waals surface area contributed by atoms with E-state index in [9.17, 15) is 14.9 Å². The second kappa shape index (κ2) is 4.97. The number of hydrogen-bond donors (Lipinski definition) is 0. The molecule has 0 atom stereocenters. The first-order valence-corrected chi connectivity index (χ1v) is 5.39. The first-order valence-electron chi connectivity index (χ1n) is 5.01. The van der Waals surface area contributed by atoms with Crippen LogP contribution in [-0.4, -0.2) is 14.5 Å². The van der Waals surface area contributed by atoms with Gasteiger partial charge in [0, 0.05) is 18.3 Å². The van der Waals surface area contributed by atoms with E-state index in [1.54, 1.807) is 12.1 Å². The van der Waals surface area contributed by atoms with Crippen molar-refractivity contribution in [1.82, 2.24) is 9.55 Å². The van der Waals surface area contributed by atoms with E-state index >= 15 is 0 Å². The van der Waals surface area contributed by atoms with Crippen LogP contribution in [0.15, 0.2) is 41.5 Å². The fraction of sp³-hybridized carbons (Fsp3) is 0.0909. The van der Waals surface area contributed by atoms with Crippen LogP contribution in [-0.2, 0) is 6.54 Å². The fourth-order valence-corrected chi connectivity index (χ4v) is 1.56. The minimum atomic E-state index is -0.546. The van der Waals surface area contributed by atoms with Gasteiger partial charge in [-0.2, -0.15) is 0 Å². The van der Waals surface area contributed by atoms with Gasteiger partial charge in [0.15, 0.2) is 0 Å². The minimum Gasteiger partial charge on any atom is -0.304 e. The summed E-state index contributed by atoms with van der Waals surface area (Å²) in [6.07, 6.45) is 2.73. The van der Waals surface area contributed by atoms with E-state index in [4.69, 9.17) is 11.6 Å². The van der Waals surface area contributed by atoms with Gasteiger partial charge >= 0.3 is 0 Å². The second-order valence-corrected chi connectivity index (χ2v) is 3.99. The van der Waals surface area contributed by atoms with Crippen LogP contribution in [0.5, 0.6) is 0 Å². The van der Waals surface area contributed by atoms with E-state index in [-0.39, 0.29) is 17.8 Å². The van der Waals surface area contributed by atoms with Gasteiger partial charge in [0.2, 0.25) is 0 Å². The first kappa shape index (κ1) is 12.3. The lowest BCUT2D eigenvalue weighted by atomic mass is 10.3. The lowest BCUT2D eigenvalue weighted by Crippen LogP contribution is -2.19. The molecule has 2 aromatic rings. The van der Waals surface area contributed by atoms with Crippen LogP contribution in [0.1, 0.15) is 5.56 Å². The average molecular weight is 266 g/mol. The van der Waals surface area contributed by atoms with Gasteiger partial charge in [-0.1, -0.05) is 17.7 Å². The normalized spacial score (nSPS) is 10.3. The molecule has 0 spiro atoms. The van der Waals surface area contributed by atoms with Gasteiger partial charge in [-0.15, -0.1) is 0 Å². The van der Waals surface area contributed by atoms with Gasteiger partial charge in [0.05, 0.1) is 17.7 Å². The van der Waals surface area contributed by atoms with Crippen LogP contribution in [0, 0.1) is 10.1 Å². The number of halogens is 1. The highest BCUT2D eigenvalue weighted by Gasteiger charge is 2.08. The zero-order valence-electron chi connectivity index (χ0n) is 9.12. The first-order chi connectivity index (χ1) is 8.56. The van der Waals surface area contributed by atoms with E-state index in [1.807, 2.05) is 0 Å². The van der Waals surface area contributed by atoms with E-state index in [1.165, 1.54) is 29.1 Å². The van der Waals surface area contributed by atoms with Crippen molar-refractivity contribution in [3.8, 4) is 0 Å². The molecule has 0 N–H and O–H groups in total. The summed E-state index contributed by atoms with van der Waals surface area (Å²) in [5.41, 5.74) is 0.300. The molecule has 0 bridgehead atoms. The lowest BCUT2D eigenvalue weighted by Gasteiger charge is -2.04. The smallest absolute Gasteiger partial charge is 0.285 e. The SMILES string of the molecule is O=c1ccc([N+](=O)[O-])cn1Cc1ccc(Cl)nc1. The maximum absolute atomic E-state index is 11.6. The molecule has 7 heteroatoms. The Labute approximate surface area is 107 Å². The summed E-state index contributed by atoms with van der Waals surface area (Å²) in [7, 11) is 0. The topological polar surface area (TPSA) is 78.0 Å². The van der Waals surface area contributed by atoms with Crippen LogP contribution in [0.4, 0.5) is 5.69 Å². The van der Waals surface area contributed by atoms with Gasteiger partial charge in [-0.05, 0) is 11.6 Å². The van der Waals surface area contributed by atoms with Crippen LogP contribution in [0.25, 0.3) is 0 Å². The van der Waals surface area contributed by atoms with Crippen molar-refractivity contribution >= 4 is 17.3 Å². The lowest BCUT2D eigenvalue weighted by molar-refractivity contribution is -0.385. The summed E-state index contributed by atoms with van der Waals surface area (Å²) in [5, 5.41) is 11.0. The molecule has 0 fully saturated rings. The molecule has 0 aliphatic carbocycles. The molecule has 2 rings (SSSR count). The van der Waals surface area contributed by atoms with Crippen LogP contribution < -0.4 is 5.56 Å². The van der Waals surface area contributed by atoms with E-state index < -0.39 is 4.92 Å². The van der Waals surface area contributed by atoms with Crippen LogP contribution in [0.2, 0.25) is 5.15 Å². The quantitative estimate of drug-likeness (QED) is 0.482.